The van der Waals surface area contributed by atoms with Crippen molar-refractivity contribution >= 4 is 33.3 Å². The fourth-order valence-electron chi connectivity index (χ4n) is 3.18. The summed E-state index contributed by atoms with van der Waals surface area (Å²) in [7, 11) is 0. The summed E-state index contributed by atoms with van der Waals surface area (Å²) in [4.78, 5) is 22.8. The number of carbonyl (C=O) groups is 1. The molecule has 1 aliphatic carbocycles. The van der Waals surface area contributed by atoms with Gasteiger partial charge >= 0.3 is 5.97 Å². The Morgan fingerprint density at radius 3 is 2.70 bits per heavy atom. The summed E-state index contributed by atoms with van der Waals surface area (Å²) in [6, 6.07) is 0.464. The minimum atomic E-state index is -0.269. The summed E-state index contributed by atoms with van der Waals surface area (Å²) in [5, 5.41) is 4.56. The van der Waals surface area contributed by atoms with Gasteiger partial charge in [0.05, 0.1) is 12.0 Å². The average Bonchev–Trinajstić information content (AvgIpc) is 2.85. The highest BCUT2D eigenvalue weighted by Gasteiger charge is 2.22. The third-order valence-electron chi connectivity index (χ3n) is 4.31. The van der Waals surface area contributed by atoms with Crippen LogP contribution in [-0.4, -0.2) is 28.6 Å². The number of esters is 1. The predicted octanol–water partition coefficient (Wildman–Crippen LogP) is 4.23. The van der Waals surface area contributed by atoms with E-state index in [9.17, 15) is 4.79 Å². The van der Waals surface area contributed by atoms with Gasteiger partial charge in [-0.05, 0) is 39.2 Å². The van der Waals surface area contributed by atoms with Crippen LogP contribution in [0.5, 0.6) is 0 Å². The van der Waals surface area contributed by atoms with E-state index in [1.165, 1.54) is 43.4 Å². The van der Waals surface area contributed by atoms with Crippen LogP contribution >= 0.6 is 11.3 Å². The summed E-state index contributed by atoms with van der Waals surface area (Å²) in [6.07, 6.45) is 6.21. The van der Waals surface area contributed by atoms with Gasteiger partial charge in [-0.3, -0.25) is 0 Å². The molecular formula is C17H23N3O2S. The van der Waals surface area contributed by atoms with Crippen molar-refractivity contribution in [3.05, 3.63) is 16.3 Å². The van der Waals surface area contributed by atoms with Gasteiger partial charge in [0.2, 0.25) is 0 Å². The first-order valence-corrected chi connectivity index (χ1v) is 9.13. The van der Waals surface area contributed by atoms with Crippen LogP contribution in [0.4, 0.5) is 5.82 Å². The van der Waals surface area contributed by atoms with Crippen LogP contribution in [0.1, 0.15) is 60.1 Å². The quantitative estimate of drug-likeness (QED) is 0.848. The van der Waals surface area contributed by atoms with Crippen LogP contribution in [0.25, 0.3) is 10.2 Å². The van der Waals surface area contributed by atoms with Gasteiger partial charge < -0.3 is 10.1 Å². The third-order valence-corrected chi connectivity index (χ3v) is 5.47. The van der Waals surface area contributed by atoms with Gasteiger partial charge in [-0.2, -0.15) is 0 Å². The summed E-state index contributed by atoms with van der Waals surface area (Å²) >= 11 is 1.40. The third kappa shape index (κ3) is 3.32. The molecule has 0 radical (unpaired) electrons. The number of fused-ring (bicyclic) bond motifs is 1. The van der Waals surface area contributed by atoms with Crippen molar-refractivity contribution < 1.29 is 9.53 Å². The minimum absolute atomic E-state index is 0.269. The van der Waals surface area contributed by atoms with Crippen molar-refractivity contribution in [3.8, 4) is 0 Å². The first-order chi connectivity index (χ1) is 11.1. The fraction of sp³-hybridized carbons (Fsp3) is 0.588. The van der Waals surface area contributed by atoms with E-state index in [1.54, 1.807) is 0 Å². The second kappa shape index (κ2) is 6.83. The Hall–Kier alpha value is -1.69. The Morgan fingerprint density at radius 1 is 1.26 bits per heavy atom. The second-order valence-corrected chi connectivity index (χ2v) is 7.05. The van der Waals surface area contributed by atoms with E-state index >= 15 is 0 Å². The first kappa shape index (κ1) is 16.2. The molecule has 1 N–H and O–H groups in total. The first-order valence-electron chi connectivity index (χ1n) is 8.31. The van der Waals surface area contributed by atoms with E-state index in [-0.39, 0.29) is 5.97 Å². The molecule has 0 atom stereocenters. The molecule has 6 heteroatoms. The Morgan fingerprint density at radius 2 is 2.00 bits per heavy atom. The average molecular weight is 333 g/mol. The van der Waals surface area contributed by atoms with Crippen molar-refractivity contribution in [1.29, 1.82) is 0 Å². The monoisotopic (exact) mass is 333 g/mol. The molecule has 0 aromatic carbocycles. The Kier molecular flexibility index (Phi) is 4.80. The molecule has 1 fully saturated rings. The van der Waals surface area contributed by atoms with E-state index < -0.39 is 0 Å². The number of aromatic nitrogens is 2. The van der Waals surface area contributed by atoms with Gasteiger partial charge in [0, 0.05) is 6.04 Å². The molecule has 1 saturated carbocycles. The number of carbonyl (C=O) groups excluding carboxylic acids is 1. The smallest absolute Gasteiger partial charge is 0.348 e. The Balaban J connectivity index is 2.01. The molecule has 0 amide bonds. The number of thiophene rings is 1. The minimum Gasteiger partial charge on any atom is -0.462 e. The molecule has 1 aliphatic rings. The van der Waals surface area contributed by atoms with Gasteiger partial charge in [-0.25, -0.2) is 14.8 Å². The zero-order valence-electron chi connectivity index (χ0n) is 13.9. The number of nitrogens with zero attached hydrogens (tertiary/aromatic N) is 2. The van der Waals surface area contributed by atoms with E-state index in [2.05, 4.69) is 15.3 Å². The number of rotatable bonds is 4. The molecule has 23 heavy (non-hydrogen) atoms. The molecule has 2 heterocycles. The van der Waals surface area contributed by atoms with Gasteiger partial charge in [-0.15, -0.1) is 11.3 Å². The lowest BCUT2D eigenvalue weighted by molar-refractivity contribution is 0.0531. The molecule has 0 spiro atoms. The van der Waals surface area contributed by atoms with Gasteiger partial charge in [-0.1, -0.05) is 19.3 Å². The van der Waals surface area contributed by atoms with Gasteiger partial charge in [0.15, 0.2) is 0 Å². The molecule has 2 aromatic rings. The van der Waals surface area contributed by atoms with Gasteiger partial charge in [0.1, 0.15) is 21.3 Å². The Labute approximate surface area is 140 Å². The van der Waals surface area contributed by atoms with E-state index in [0.29, 0.717) is 17.5 Å². The second-order valence-electron chi connectivity index (χ2n) is 6.06. The van der Waals surface area contributed by atoms with Crippen molar-refractivity contribution in [2.75, 3.05) is 11.9 Å². The van der Waals surface area contributed by atoms with E-state index in [1.807, 2.05) is 20.8 Å². The molecule has 3 rings (SSSR count). The molecule has 5 nitrogen and oxygen atoms in total. The maximum Gasteiger partial charge on any atom is 0.348 e. The van der Waals surface area contributed by atoms with Crippen LogP contribution in [0, 0.1) is 13.8 Å². The number of anilines is 1. The lowest BCUT2D eigenvalue weighted by Crippen LogP contribution is -2.23. The largest absolute Gasteiger partial charge is 0.462 e. The molecule has 0 saturated heterocycles. The van der Waals surface area contributed by atoms with Crippen molar-refractivity contribution in [2.24, 2.45) is 0 Å². The van der Waals surface area contributed by atoms with Gasteiger partial charge in [0.25, 0.3) is 0 Å². The molecule has 0 aliphatic heterocycles. The number of nitrogens with one attached hydrogen (secondary N) is 1. The zero-order chi connectivity index (χ0) is 16.4. The maximum absolute atomic E-state index is 12.1. The highest BCUT2D eigenvalue weighted by atomic mass is 32.1. The summed E-state index contributed by atoms with van der Waals surface area (Å²) in [6.45, 7) is 6.05. The summed E-state index contributed by atoms with van der Waals surface area (Å²) in [5.41, 5.74) is 0.918. The standard InChI is InChI=1S/C17H23N3O2S/c1-4-22-17(21)14-10(2)13-15(18-11(3)19-16(13)23-14)20-12-8-6-5-7-9-12/h12H,4-9H2,1-3H3,(H,18,19,20). The topological polar surface area (TPSA) is 64.1 Å². The highest BCUT2D eigenvalue weighted by molar-refractivity contribution is 7.20. The summed E-state index contributed by atoms with van der Waals surface area (Å²) < 4.78 is 5.16. The Bertz CT molecular complexity index is 720. The molecule has 0 bridgehead atoms. The van der Waals surface area contributed by atoms with E-state index in [0.717, 1.165) is 27.4 Å². The maximum atomic E-state index is 12.1. The SMILES string of the molecule is CCOC(=O)c1sc2nc(C)nc(NC3CCCCC3)c2c1C. The number of ether oxygens (including phenoxy) is 1. The van der Waals surface area contributed by atoms with Crippen LogP contribution in [-0.2, 0) is 4.74 Å². The van der Waals surface area contributed by atoms with E-state index in [4.69, 9.17) is 4.74 Å². The predicted molar refractivity (Wildman–Crippen MR) is 93.3 cm³/mol. The normalized spacial score (nSPS) is 15.8. The summed E-state index contributed by atoms with van der Waals surface area (Å²) in [5.74, 6) is 1.32. The van der Waals surface area contributed by atoms with Crippen molar-refractivity contribution in [1.82, 2.24) is 9.97 Å². The molecule has 0 unspecified atom stereocenters. The van der Waals surface area contributed by atoms with Crippen LogP contribution in [0.2, 0.25) is 0 Å². The highest BCUT2D eigenvalue weighted by Crippen LogP contribution is 2.35. The van der Waals surface area contributed by atoms with Crippen LogP contribution < -0.4 is 5.32 Å². The van der Waals surface area contributed by atoms with Crippen LogP contribution in [0.3, 0.4) is 0 Å². The lowest BCUT2D eigenvalue weighted by atomic mass is 9.95. The molecule has 124 valence electrons. The number of hydrogen-bond donors (Lipinski definition) is 1. The number of hydrogen-bond acceptors (Lipinski definition) is 6. The zero-order valence-corrected chi connectivity index (χ0v) is 14.8. The lowest BCUT2D eigenvalue weighted by Gasteiger charge is -2.23. The molecule has 2 aromatic heterocycles. The van der Waals surface area contributed by atoms with Crippen LogP contribution in [0.15, 0.2) is 0 Å². The van der Waals surface area contributed by atoms with Crippen molar-refractivity contribution in [2.45, 2.75) is 58.9 Å². The molecular weight excluding hydrogens is 310 g/mol. The van der Waals surface area contributed by atoms with Crippen molar-refractivity contribution in [3.63, 3.8) is 0 Å². The number of aryl methyl sites for hydroxylation is 2. The fourth-order valence-corrected chi connectivity index (χ4v) is 4.30.